The number of carbonyl (C=O) groups excluding carboxylic acids is 2. The van der Waals surface area contributed by atoms with Crippen molar-refractivity contribution in [2.24, 2.45) is 11.7 Å². The summed E-state index contributed by atoms with van der Waals surface area (Å²) in [6.45, 7) is 2.02. The standard InChI is InChI=1S/C16H20N3O2/c1-13(16(18)21)9-10-15(20)19(12-17)11-5-8-14-6-3-2-4-7-14/h2-4,6-7,10,13H,5,8-9,11H2,1H3,(H2,18,21)/t13-/m0/s1. The Bertz CT molecular complexity index is 508. The molecule has 0 unspecified atom stereocenters. The van der Waals surface area contributed by atoms with E-state index in [0.29, 0.717) is 13.0 Å². The average molecular weight is 286 g/mol. The van der Waals surface area contributed by atoms with Gasteiger partial charge in [0.1, 0.15) is 0 Å². The van der Waals surface area contributed by atoms with E-state index < -0.39 is 11.8 Å². The number of aryl methyl sites for hydroxylation is 1. The molecule has 0 aliphatic carbocycles. The highest BCUT2D eigenvalue weighted by Crippen LogP contribution is 2.08. The second-order valence-corrected chi connectivity index (χ2v) is 4.92. The third kappa shape index (κ3) is 6.09. The van der Waals surface area contributed by atoms with Gasteiger partial charge in [-0.3, -0.25) is 9.59 Å². The fourth-order valence-corrected chi connectivity index (χ4v) is 1.80. The second-order valence-electron chi connectivity index (χ2n) is 4.92. The maximum absolute atomic E-state index is 11.8. The third-order valence-electron chi connectivity index (χ3n) is 3.21. The van der Waals surface area contributed by atoms with Gasteiger partial charge in [-0.25, -0.2) is 4.90 Å². The van der Waals surface area contributed by atoms with Gasteiger partial charge in [-0.15, -0.1) is 0 Å². The van der Waals surface area contributed by atoms with Crippen LogP contribution in [0.4, 0.5) is 0 Å². The van der Waals surface area contributed by atoms with Crippen molar-refractivity contribution in [3.8, 4) is 6.19 Å². The van der Waals surface area contributed by atoms with Crippen LogP contribution in [0.15, 0.2) is 30.3 Å². The highest BCUT2D eigenvalue weighted by molar-refractivity contribution is 5.87. The van der Waals surface area contributed by atoms with E-state index in [-0.39, 0.29) is 12.3 Å². The van der Waals surface area contributed by atoms with Gasteiger partial charge in [-0.2, -0.15) is 5.26 Å². The topological polar surface area (TPSA) is 87.2 Å². The number of nitrogens with two attached hydrogens (primary N) is 1. The number of hydrogen-bond donors (Lipinski definition) is 1. The van der Waals surface area contributed by atoms with Crippen molar-refractivity contribution >= 4 is 11.8 Å². The first-order chi connectivity index (χ1) is 10.0. The molecule has 0 saturated carbocycles. The number of benzene rings is 1. The zero-order valence-electron chi connectivity index (χ0n) is 12.2. The molecule has 1 aromatic carbocycles. The minimum atomic E-state index is -0.452. The molecule has 0 aromatic heterocycles. The van der Waals surface area contributed by atoms with Crippen LogP contribution in [0.25, 0.3) is 0 Å². The van der Waals surface area contributed by atoms with Gasteiger partial charge in [0.05, 0.1) is 6.42 Å². The predicted octanol–water partition coefficient (Wildman–Crippen LogP) is 1.64. The van der Waals surface area contributed by atoms with E-state index >= 15 is 0 Å². The summed E-state index contributed by atoms with van der Waals surface area (Å²) >= 11 is 0. The van der Waals surface area contributed by atoms with Crippen LogP contribution in [0.2, 0.25) is 0 Å². The number of amides is 2. The van der Waals surface area contributed by atoms with Gasteiger partial charge in [-0.05, 0) is 24.8 Å². The molecule has 1 radical (unpaired) electrons. The molecule has 1 rings (SSSR count). The highest BCUT2D eigenvalue weighted by Gasteiger charge is 2.16. The molecule has 0 heterocycles. The number of rotatable bonds is 8. The zero-order valence-corrected chi connectivity index (χ0v) is 12.2. The molecule has 111 valence electrons. The Hall–Kier alpha value is -2.35. The van der Waals surface area contributed by atoms with Gasteiger partial charge in [0.15, 0.2) is 6.19 Å². The number of carbonyl (C=O) groups is 2. The molecule has 21 heavy (non-hydrogen) atoms. The van der Waals surface area contributed by atoms with E-state index in [9.17, 15) is 9.59 Å². The van der Waals surface area contributed by atoms with E-state index in [1.807, 2.05) is 36.5 Å². The first-order valence-electron chi connectivity index (χ1n) is 6.92. The molecule has 0 aliphatic heterocycles. The minimum Gasteiger partial charge on any atom is -0.369 e. The summed E-state index contributed by atoms with van der Waals surface area (Å²) in [5.74, 6) is -1.23. The lowest BCUT2D eigenvalue weighted by molar-refractivity contribution is -0.125. The fourth-order valence-electron chi connectivity index (χ4n) is 1.80. The van der Waals surface area contributed by atoms with Crippen LogP contribution >= 0.6 is 0 Å². The van der Waals surface area contributed by atoms with E-state index in [1.165, 1.54) is 12.0 Å². The van der Waals surface area contributed by atoms with E-state index in [2.05, 4.69) is 0 Å². The molecule has 5 nitrogen and oxygen atoms in total. The van der Waals surface area contributed by atoms with Crippen molar-refractivity contribution in [2.45, 2.75) is 26.2 Å². The number of primary amides is 1. The van der Waals surface area contributed by atoms with Crippen molar-refractivity contribution < 1.29 is 9.59 Å². The molecule has 1 atom stereocenters. The molecule has 5 heteroatoms. The third-order valence-corrected chi connectivity index (χ3v) is 3.21. The smallest absolute Gasteiger partial charge is 0.239 e. The van der Waals surface area contributed by atoms with Gasteiger partial charge in [-0.1, -0.05) is 37.3 Å². The maximum Gasteiger partial charge on any atom is 0.239 e. The largest absolute Gasteiger partial charge is 0.369 e. The van der Waals surface area contributed by atoms with Crippen LogP contribution in [0, 0.1) is 23.8 Å². The molecule has 0 bridgehead atoms. The number of hydrogen-bond acceptors (Lipinski definition) is 3. The average Bonchev–Trinajstić information content (AvgIpc) is 2.49. The Morgan fingerprint density at radius 2 is 2.05 bits per heavy atom. The van der Waals surface area contributed by atoms with E-state index in [1.54, 1.807) is 6.92 Å². The van der Waals surface area contributed by atoms with Crippen LogP contribution in [0.3, 0.4) is 0 Å². The van der Waals surface area contributed by atoms with Crippen molar-refractivity contribution in [1.29, 1.82) is 5.26 Å². The van der Waals surface area contributed by atoms with Gasteiger partial charge < -0.3 is 5.73 Å². The lowest BCUT2D eigenvalue weighted by Crippen LogP contribution is -2.29. The summed E-state index contributed by atoms with van der Waals surface area (Å²) in [7, 11) is 0. The minimum absolute atomic E-state index is 0.255. The summed E-state index contributed by atoms with van der Waals surface area (Å²) in [5.41, 5.74) is 6.30. The summed E-state index contributed by atoms with van der Waals surface area (Å²) < 4.78 is 0. The van der Waals surface area contributed by atoms with Gasteiger partial charge >= 0.3 is 0 Å². The van der Waals surface area contributed by atoms with Crippen LogP contribution in [0.1, 0.15) is 25.3 Å². The Morgan fingerprint density at radius 3 is 2.62 bits per heavy atom. The molecule has 1 aromatic rings. The maximum atomic E-state index is 11.8. The van der Waals surface area contributed by atoms with Crippen LogP contribution in [0.5, 0.6) is 0 Å². The Kier molecular flexibility index (Phi) is 6.96. The van der Waals surface area contributed by atoms with Crippen LogP contribution < -0.4 is 5.73 Å². The van der Waals surface area contributed by atoms with Crippen LogP contribution in [-0.2, 0) is 16.0 Å². The Balaban J connectivity index is 2.35. The molecule has 0 fully saturated rings. The van der Waals surface area contributed by atoms with Crippen molar-refractivity contribution in [1.82, 2.24) is 4.90 Å². The van der Waals surface area contributed by atoms with E-state index in [4.69, 9.17) is 11.0 Å². The number of nitriles is 1. The quantitative estimate of drug-likeness (QED) is 0.582. The molecular weight excluding hydrogens is 266 g/mol. The van der Waals surface area contributed by atoms with Gasteiger partial charge in [0, 0.05) is 12.5 Å². The molecule has 0 aliphatic rings. The van der Waals surface area contributed by atoms with Gasteiger partial charge in [0.25, 0.3) is 0 Å². The normalized spacial score (nSPS) is 11.4. The number of nitrogens with zero attached hydrogens (tertiary/aromatic N) is 2. The van der Waals surface area contributed by atoms with Crippen molar-refractivity contribution in [3.63, 3.8) is 0 Å². The SMILES string of the molecule is C[C@@H](C[CH]C(=O)N(C#N)CCCc1ccccc1)C(N)=O. The lowest BCUT2D eigenvalue weighted by Gasteiger charge is -2.14. The Labute approximate surface area is 125 Å². The van der Waals surface area contributed by atoms with E-state index in [0.717, 1.165) is 11.3 Å². The summed E-state index contributed by atoms with van der Waals surface area (Å²) in [6, 6.07) is 9.89. The molecule has 2 N–H and O–H groups in total. The van der Waals surface area contributed by atoms with Crippen LogP contribution in [-0.4, -0.2) is 23.3 Å². The molecule has 2 amide bonds. The summed E-state index contributed by atoms with van der Waals surface area (Å²) in [4.78, 5) is 23.8. The monoisotopic (exact) mass is 286 g/mol. The molecular formula is C16H20N3O2. The predicted molar refractivity (Wildman–Crippen MR) is 79.4 cm³/mol. The molecule has 0 spiro atoms. The second kappa shape index (κ2) is 8.75. The van der Waals surface area contributed by atoms with Crippen molar-refractivity contribution in [3.05, 3.63) is 42.3 Å². The fraction of sp³-hybridized carbons (Fsp3) is 0.375. The molecule has 0 saturated heterocycles. The Morgan fingerprint density at radius 1 is 1.38 bits per heavy atom. The summed E-state index contributed by atoms with van der Waals surface area (Å²) in [5, 5.41) is 9.01. The van der Waals surface area contributed by atoms with Gasteiger partial charge in [0.2, 0.25) is 11.8 Å². The summed E-state index contributed by atoms with van der Waals surface area (Å²) in [6.07, 6.45) is 5.00. The highest BCUT2D eigenvalue weighted by atomic mass is 16.2. The zero-order chi connectivity index (χ0) is 15.7. The lowest BCUT2D eigenvalue weighted by atomic mass is 10.0. The first kappa shape index (κ1) is 16.7. The van der Waals surface area contributed by atoms with Crippen molar-refractivity contribution in [2.75, 3.05) is 6.54 Å². The first-order valence-corrected chi connectivity index (χ1v) is 6.92.